The van der Waals surface area contributed by atoms with Crippen LogP contribution in [0.5, 0.6) is 5.88 Å². The van der Waals surface area contributed by atoms with Gasteiger partial charge in [-0.15, -0.1) is 0 Å². The zero-order chi connectivity index (χ0) is 19.8. The van der Waals surface area contributed by atoms with Crippen molar-refractivity contribution < 1.29 is 9.53 Å². The van der Waals surface area contributed by atoms with Crippen LogP contribution in [0.4, 0.5) is 5.69 Å². The lowest BCUT2D eigenvalue weighted by Gasteiger charge is -2.38. The van der Waals surface area contributed by atoms with Crippen LogP contribution >= 0.6 is 11.3 Å². The summed E-state index contributed by atoms with van der Waals surface area (Å²) in [6, 6.07) is 9.21. The van der Waals surface area contributed by atoms with E-state index in [2.05, 4.69) is 44.1 Å². The first-order chi connectivity index (χ1) is 14.2. The van der Waals surface area contributed by atoms with Crippen LogP contribution in [0.25, 0.3) is 10.3 Å². The number of para-hydroxylation sites is 1. The van der Waals surface area contributed by atoms with Crippen molar-refractivity contribution in [1.82, 2.24) is 19.9 Å². The number of anilines is 1. The van der Waals surface area contributed by atoms with Crippen LogP contribution < -0.4 is 9.64 Å². The number of benzene rings is 1. The molecule has 1 saturated heterocycles. The number of hydrogen-bond acceptors (Lipinski definition) is 7. The molecule has 1 amide bonds. The molecule has 0 aliphatic carbocycles. The Morgan fingerprint density at radius 3 is 2.86 bits per heavy atom. The molecule has 0 unspecified atom stereocenters. The molecule has 2 aromatic heterocycles. The summed E-state index contributed by atoms with van der Waals surface area (Å²) in [7, 11) is 1.56. The van der Waals surface area contributed by atoms with Gasteiger partial charge in [0.15, 0.2) is 10.3 Å². The van der Waals surface area contributed by atoms with Gasteiger partial charge in [-0.05, 0) is 30.9 Å². The van der Waals surface area contributed by atoms with E-state index in [1.165, 1.54) is 28.9 Å². The fourth-order valence-electron chi connectivity index (χ4n) is 4.41. The molecule has 0 N–H and O–H groups in total. The molecule has 3 aromatic rings. The third-order valence-corrected chi connectivity index (χ3v) is 6.85. The van der Waals surface area contributed by atoms with Crippen molar-refractivity contribution in [3.63, 3.8) is 0 Å². The summed E-state index contributed by atoms with van der Waals surface area (Å²) < 4.78 is 5.24. The Bertz CT molecular complexity index is 1040. The Morgan fingerprint density at radius 2 is 2.03 bits per heavy atom. The van der Waals surface area contributed by atoms with Crippen molar-refractivity contribution in [2.75, 3.05) is 31.6 Å². The summed E-state index contributed by atoms with van der Waals surface area (Å²) in [5.74, 6) is 0.591. The lowest BCUT2D eigenvalue weighted by Crippen LogP contribution is -2.46. The molecule has 0 saturated carbocycles. The molecular formula is C21H23N5O2S. The van der Waals surface area contributed by atoms with Gasteiger partial charge in [-0.2, -0.15) is 4.98 Å². The number of carbonyl (C=O) groups excluding carboxylic acids is 1. The highest BCUT2D eigenvalue weighted by Gasteiger charge is 2.30. The number of aromatic nitrogens is 3. The van der Waals surface area contributed by atoms with Crippen molar-refractivity contribution >= 4 is 33.3 Å². The normalized spacial score (nSPS) is 17.0. The maximum Gasteiger partial charge on any atom is 0.244 e. The number of fused-ring (bicyclic) bond motifs is 2. The van der Waals surface area contributed by atoms with E-state index in [0.717, 1.165) is 48.7 Å². The lowest BCUT2D eigenvalue weighted by atomic mass is 10.0. The fourth-order valence-corrected chi connectivity index (χ4v) is 5.30. The summed E-state index contributed by atoms with van der Waals surface area (Å²) in [5.41, 5.74) is 3.45. The van der Waals surface area contributed by atoms with E-state index in [1.807, 2.05) is 4.90 Å². The molecule has 7 nitrogen and oxygen atoms in total. The van der Waals surface area contributed by atoms with Gasteiger partial charge in [0.25, 0.3) is 0 Å². The van der Waals surface area contributed by atoms with Gasteiger partial charge in [0.2, 0.25) is 11.8 Å². The predicted molar refractivity (Wildman–Crippen MR) is 113 cm³/mol. The molecule has 1 aromatic carbocycles. The van der Waals surface area contributed by atoms with E-state index in [4.69, 9.17) is 4.74 Å². The molecule has 0 spiro atoms. The second-order valence-electron chi connectivity index (χ2n) is 7.51. The van der Waals surface area contributed by atoms with Gasteiger partial charge in [0.1, 0.15) is 11.3 Å². The Morgan fingerprint density at radius 1 is 1.21 bits per heavy atom. The monoisotopic (exact) mass is 409 g/mol. The van der Waals surface area contributed by atoms with Gasteiger partial charge in [0, 0.05) is 31.4 Å². The number of ether oxygens (including phenoxy) is 1. The molecule has 29 heavy (non-hydrogen) atoms. The molecule has 1 fully saturated rings. The Labute approximate surface area is 173 Å². The average Bonchev–Trinajstić information content (AvgIpc) is 3.37. The van der Waals surface area contributed by atoms with Gasteiger partial charge in [-0.3, -0.25) is 4.79 Å². The van der Waals surface area contributed by atoms with Crippen LogP contribution in [0.1, 0.15) is 23.4 Å². The van der Waals surface area contributed by atoms with Gasteiger partial charge >= 0.3 is 0 Å². The summed E-state index contributed by atoms with van der Waals surface area (Å²) in [6.07, 6.45) is 4.92. The van der Waals surface area contributed by atoms with E-state index in [0.29, 0.717) is 23.9 Å². The number of piperidine rings is 1. The first kappa shape index (κ1) is 18.3. The van der Waals surface area contributed by atoms with Gasteiger partial charge in [0.05, 0.1) is 13.5 Å². The number of rotatable bonds is 4. The van der Waals surface area contributed by atoms with Crippen molar-refractivity contribution in [3.05, 3.63) is 41.2 Å². The second kappa shape index (κ2) is 7.59. The standard InChI is InChI=1S/C21H23N5O2S/c1-28-20-19-21(23-13-22-20)29-17(24-19)12-18(27)25-9-7-15(8-10-25)26-11-6-14-4-2-3-5-16(14)26/h2-5,13,15H,6-12H2,1H3. The Hall–Kier alpha value is -2.74. The molecule has 2 aliphatic heterocycles. The third kappa shape index (κ3) is 3.42. The molecule has 5 rings (SSSR count). The van der Waals surface area contributed by atoms with Gasteiger partial charge in [-0.1, -0.05) is 29.5 Å². The maximum atomic E-state index is 12.8. The smallest absolute Gasteiger partial charge is 0.244 e. The van der Waals surface area contributed by atoms with E-state index < -0.39 is 0 Å². The number of carbonyl (C=O) groups is 1. The van der Waals surface area contributed by atoms with Crippen LogP contribution in [-0.4, -0.2) is 58.5 Å². The van der Waals surface area contributed by atoms with Gasteiger partial charge < -0.3 is 14.5 Å². The lowest BCUT2D eigenvalue weighted by molar-refractivity contribution is -0.131. The van der Waals surface area contributed by atoms with E-state index in [1.54, 1.807) is 7.11 Å². The van der Waals surface area contributed by atoms with E-state index in [-0.39, 0.29) is 5.91 Å². The number of likely N-dealkylation sites (tertiary alicyclic amines) is 1. The summed E-state index contributed by atoms with van der Waals surface area (Å²) in [6.45, 7) is 2.69. The second-order valence-corrected chi connectivity index (χ2v) is 8.57. The van der Waals surface area contributed by atoms with Crippen LogP contribution in [0, 0.1) is 0 Å². The quantitative estimate of drug-likeness (QED) is 0.660. The fraction of sp³-hybridized carbons (Fsp3) is 0.429. The first-order valence-corrected chi connectivity index (χ1v) is 10.8. The molecular weight excluding hydrogens is 386 g/mol. The zero-order valence-corrected chi connectivity index (χ0v) is 17.2. The molecule has 0 bridgehead atoms. The Kier molecular flexibility index (Phi) is 4.79. The largest absolute Gasteiger partial charge is 0.479 e. The number of methoxy groups -OCH3 is 1. The SMILES string of the molecule is COc1ncnc2sc(CC(=O)N3CCC(N4CCc5ccccc54)CC3)nc12. The van der Waals surface area contributed by atoms with Gasteiger partial charge in [-0.25, -0.2) is 9.97 Å². The average molecular weight is 410 g/mol. The molecule has 4 heterocycles. The number of amides is 1. The number of hydrogen-bond donors (Lipinski definition) is 0. The molecule has 0 atom stereocenters. The van der Waals surface area contributed by atoms with Crippen molar-refractivity contribution in [3.8, 4) is 5.88 Å². The summed E-state index contributed by atoms with van der Waals surface area (Å²) >= 11 is 1.43. The maximum absolute atomic E-state index is 12.8. The highest BCUT2D eigenvalue weighted by atomic mass is 32.1. The predicted octanol–water partition coefficient (Wildman–Crippen LogP) is 2.69. The first-order valence-electron chi connectivity index (χ1n) is 9.99. The molecule has 8 heteroatoms. The van der Waals surface area contributed by atoms with Crippen molar-refractivity contribution in [2.45, 2.75) is 31.7 Å². The minimum absolute atomic E-state index is 0.135. The van der Waals surface area contributed by atoms with E-state index >= 15 is 0 Å². The van der Waals surface area contributed by atoms with Crippen LogP contribution in [-0.2, 0) is 17.6 Å². The van der Waals surface area contributed by atoms with Crippen molar-refractivity contribution in [2.24, 2.45) is 0 Å². The van der Waals surface area contributed by atoms with Crippen molar-refractivity contribution in [1.29, 1.82) is 0 Å². The summed E-state index contributed by atoms with van der Waals surface area (Å²) in [5, 5.41) is 0.763. The minimum atomic E-state index is 0.135. The Balaban J connectivity index is 1.22. The minimum Gasteiger partial charge on any atom is -0.479 e. The van der Waals surface area contributed by atoms with E-state index in [9.17, 15) is 4.79 Å². The topological polar surface area (TPSA) is 71.5 Å². The molecule has 2 aliphatic rings. The number of nitrogens with zero attached hydrogens (tertiary/aromatic N) is 5. The third-order valence-electron chi connectivity index (χ3n) is 5.88. The highest BCUT2D eigenvalue weighted by Crippen LogP contribution is 2.32. The van der Waals surface area contributed by atoms with Crippen LogP contribution in [0.2, 0.25) is 0 Å². The van der Waals surface area contributed by atoms with Crippen LogP contribution in [0.15, 0.2) is 30.6 Å². The molecule has 0 radical (unpaired) electrons. The zero-order valence-electron chi connectivity index (χ0n) is 16.4. The summed E-state index contributed by atoms with van der Waals surface area (Å²) in [4.78, 5) is 31.0. The highest BCUT2D eigenvalue weighted by molar-refractivity contribution is 7.18. The van der Waals surface area contributed by atoms with Crippen LogP contribution in [0.3, 0.4) is 0 Å². The molecule has 150 valence electrons. The number of thiazole rings is 1.